The van der Waals surface area contributed by atoms with Gasteiger partial charge in [-0.2, -0.15) is 0 Å². The van der Waals surface area contributed by atoms with Crippen LogP contribution in [0.4, 0.5) is 4.79 Å². The monoisotopic (exact) mass is 286 g/mol. The molecule has 0 radical (unpaired) electrons. The number of carboxylic acids is 1. The normalized spacial score (nSPS) is 15.9. The number of aliphatic carboxylic acids is 1. The van der Waals surface area contributed by atoms with Crippen LogP contribution in [-0.2, 0) is 14.3 Å². The highest BCUT2D eigenvalue weighted by molar-refractivity contribution is 5.82. The lowest BCUT2D eigenvalue weighted by molar-refractivity contribution is -0.142. The van der Waals surface area contributed by atoms with Gasteiger partial charge in [0.25, 0.3) is 0 Å². The van der Waals surface area contributed by atoms with E-state index in [1.54, 1.807) is 0 Å². The van der Waals surface area contributed by atoms with Crippen LogP contribution in [0.15, 0.2) is 0 Å². The lowest BCUT2D eigenvalue weighted by atomic mass is 9.74. The Bertz CT molecular complexity index is 379. The number of hydrogen-bond donors (Lipinski definition) is 2. The second-order valence-corrected chi connectivity index (χ2v) is 5.13. The van der Waals surface area contributed by atoms with Crippen LogP contribution in [0.25, 0.3) is 0 Å². The summed E-state index contributed by atoms with van der Waals surface area (Å²) in [5, 5.41) is 11.7. The van der Waals surface area contributed by atoms with Gasteiger partial charge in [0.2, 0.25) is 0 Å². The quantitative estimate of drug-likeness (QED) is 0.680. The minimum Gasteiger partial charge on any atom is -0.481 e. The highest BCUT2D eigenvalue weighted by Gasteiger charge is 2.41. The Hall–Kier alpha value is -1.79. The third-order valence-corrected chi connectivity index (χ3v) is 3.50. The lowest BCUT2D eigenvalue weighted by Gasteiger charge is -2.42. The zero-order valence-electron chi connectivity index (χ0n) is 12.0. The van der Waals surface area contributed by atoms with E-state index in [1.807, 2.05) is 6.92 Å². The number of hydrogen-bond acceptors (Lipinski definition) is 4. The topological polar surface area (TPSA) is 95.9 Å². The van der Waals surface area contributed by atoms with Crippen LogP contribution < -0.4 is 5.32 Å². The van der Waals surface area contributed by atoms with E-state index >= 15 is 0 Å². The number of urea groups is 1. The smallest absolute Gasteiger partial charge is 0.325 e. The van der Waals surface area contributed by atoms with Crippen molar-refractivity contribution in [1.29, 1.82) is 0 Å². The van der Waals surface area contributed by atoms with Gasteiger partial charge in [0.15, 0.2) is 0 Å². The van der Waals surface area contributed by atoms with Gasteiger partial charge in [0, 0.05) is 6.54 Å². The van der Waals surface area contributed by atoms with Crippen molar-refractivity contribution in [3.63, 3.8) is 0 Å². The van der Waals surface area contributed by atoms with Gasteiger partial charge in [-0.3, -0.25) is 9.59 Å². The summed E-state index contributed by atoms with van der Waals surface area (Å²) < 4.78 is 4.56. The molecule has 114 valence electrons. The number of methoxy groups -OCH3 is 1. The molecule has 0 spiro atoms. The Morgan fingerprint density at radius 3 is 2.40 bits per heavy atom. The molecular weight excluding hydrogens is 264 g/mol. The summed E-state index contributed by atoms with van der Waals surface area (Å²) in [4.78, 5) is 35.7. The number of esters is 1. The van der Waals surface area contributed by atoms with E-state index in [0.29, 0.717) is 25.8 Å². The van der Waals surface area contributed by atoms with E-state index in [1.165, 1.54) is 12.0 Å². The molecule has 0 saturated heterocycles. The first-order valence-corrected chi connectivity index (χ1v) is 6.78. The molecule has 20 heavy (non-hydrogen) atoms. The summed E-state index contributed by atoms with van der Waals surface area (Å²) in [5.41, 5.74) is -0.662. The lowest BCUT2D eigenvalue weighted by Crippen LogP contribution is -2.58. The number of carboxylic acid groups (broad SMARTS) is 1. The van der Waals surface area contributed by atoms with Gasteiger partial charge in [-0.1, -0.05) is 6.92 Å². The van der Waals surface area contributed by atoms with E-state index in [-0.39, 0.29) is 13.0 Å². The van der Waals surface area contributed by atoms with Gasteiger partial charge >= 0.3 is 18.0 Å². The Balaban J connectivity index is 2.64. The summed E-state index contributed by atoms with van der Waals surface area (Å²) in [5.74, 6) is -1.42. The molecular formula is C13H22N2O5. The van der Waals surface area contributed by atoms with E-state index in [0.717, 1.165) is 6.42 Å². The van der Waals surface area contributed by atoms with Crippen molar-refractivity contribution in [2.75, 3.05) is 20.2 Å². The zero-order chi connectivity index (χ0) is 15.2. The third-order valence-electron chi connectivity index (χ3n) is 3.50. The van der Waals surface area contributed by atoms with E-state index < -0.39 is 23.5 Å². The van der Waals surface area contributed by atoms with Crippen molar-refractivity contribution < 1.29 is 24.2 Å². The van der Waals surface area contributed by atoms with Crippen LogP contribution in [0, 0.1) is 0 Å². The van der Waals surface area contributed by atoms with Crippen molar-refractivity contribution in [1.82, 2.24) is 10.2 Å². The molecule has 0 aliphatic heterocycles. The fourth-order valence-electron chi connectivity index (χ4n) is 2.29. The highest BCUT2D eigenvalue weighted by Crippen LogP contribution is 2.35. The first-order chi connectivity index (χ1) is 9.42. The summed E-state index contributed by atoms with van der Waals surface area (Å²) in [6.07, 6.45) is 2.83. The summed E-state index contributed by atoms with van der Waals surface area (Å²) in [6, 6.07) is -0.404. The first kappa shape index (κ1) is 16.3. The van der Waals surface area contributed by atoms with E-state index in [9.17, 15) is 14.4 Å². The van der Waals surface area contributed by atoms with Gasteiger partial charge in [0.1, 0.15) is 6.54 Å². The largest absolute Gasteiger partial charge is 0.481 e. The number of carbonyl (C=O) groups excluding carboxylic acids is 2. The summed E-state index contributed by atoms with van der Waals surface area (Å²) in [7, 11) is 1.27. The number of nitrogens with zero attached hydrogens (tertiary/aromatic N) is 1. The molecule has 1 aliphatic rings. The maximum absolute atomic E-state index is 12.2. The molecule has 0 heterocycles. The average Bonchev–Trinajstić information content (AvgIpc) is 2.34. The first-order valence-electron chi connectivity index (χ1n) is 6.78. The van der Waals surface area contributed by atoms with Crippen LogP contribution >= 0.6 is 0 Å². The third kappa shape index (κ3) is 4.40. The van der Waals surface area contributed by atoms with Crippen molar-refractivity contribution in [3.8, 4) is 0 Å². The number of ether oxygens (including phenoxy) is 1. The Kier molecular flexibility index (Phi) is 5.79. The van der Waals surface area contributed by atoms with Crippen LogP contribution in [0.1, 0.15) is 39.0 Å². The summed E-state index contributed by atoms with van der Waals surface area (Å²) >= 11 is 0. The maximum Gasteiger partial charge on any atom is 0.325 e. The Labute approximate surface area is 118 Å². The highest BCUT2D eigenvalue weighted by atomic mass is 16.5. The van der Waals surface area contributed by atoms with Crippen LogP contribution in [-0.4, -0.2) is 53.7 Å². The van der Waals surface area contributed by atoms with E-state index in [2.05, 4.69) is 10.1 Å². The van der Waals surface area contributed by atoms with Gasteiger partial charge in [-0.25, -0.2) is 4.79 Å². The zero-order valence-corrected chi connectivity index (χ0v) is 12.0. The minimum absolute atomic E-state index is 0.0864. The molecule has 1 rings (SSSR count). The average molecular weight is 286 g/mol. The molecule has 0 aromatic rings. The molecule has 7 nitrogen and oxygen atoms in total. The van der Waals surface area contributed by atoms with E-state index in [4.69, 9.17) is 5.11 Å². The minimum atomic E-state index is -0.931. The molecule has 2 N–H and O–H groups in total. The Morgan fingerprint density at radius 1 is 1.35 bits per heavy atom. The van der Waals surface area contributed by atoms with Crippen molar-refractivity contribution in [2.24, 2.45) is 0 Å². The molecule has 0 unspecified atom stereocenters. The number of nitrogens with one attached hydrogen (secondary N) is 1. The summed E-state index contributed by atoms with van der Waals surface area (Å²) in [6.45, 7) is 2.19. The molecule has 2 amide bonds. The van der Waals surface area contributed by atoms with Crippen LogP contribution in [0.5, 0.6) is 0 Å². The molecule has 1 saturated carbocycles. The maximum atomic E-state index is 12.2. The standard InChI is InChI=1S/C13H22N2O5/c1-3-7-15(9-11(18)20-2)12(19)14-13(5-4-6-13)8-10(16)17/h3-9H2,1-2H3,(H,14,19)(H,16,17). The fraction of sp³-hybridized carbons (Fsp3) is 0.769. The van der Waals surface area contributed by atoms with Crippen LogP contribution in [0.3, 0.4) is 0 Å². The van der Waals surface area contributed by atoms with Crippen LogP contribution in [0.2, 0.25) is 0 Å². The van der Waals surface area contributed by atoms with Gasteiger partial charge in [0.05, 0.1) is 19.1 Å². The van der Waals surface area contributed by atoms with Crippen molar-refractivity contribution in [3.05, 3.63) is 0 Å². The van der Waals surface area contributed by atoms with Gasteiger partial charge in [-0.15, -0.1) is 0 Å². The number of amides is 2. The second kappa shape index (κ2) is 7.12. The van der Waals surface area contributed by atoms with Crippen molar-refractivity contribution in [2.45, 2.75) is 44.6 Å². The molecule has 1 fully saturated rings. The molecule has 0 bridgehead atoms. The van der Waals surface area contributed by atoms with Gasteiger partial charge in [-0.05, 0) is 25.7 Å². The molecule has 1 aliphatic carbocycles. The molecule has 7 heteroatoms. The molecule has 0 aromatic carbocycles. The predicted octanol–water partition coefficient (Wildman–Crippen LogP) is 0.978. The number of carbonyl (C=O) groups is 3. The molecule has 0 atom stereocenters. The SMILES string of the molecule is CCCN(CC(=O)OC)C(=O)NC1(CC(=O)O)CCC1. The predicted molar refractivity (Wildman–Crippen MR) is 71.2 cm³/mol. The number of rotatable bonds is 7. The molecule has 0 aromatic heterocycles. The Morgan fingerprint density at radius 2 is 2.00 bits per heavy atom. The second-order valence-electron chi connectivity index (χ2n) is 5.13. The fourth-order valence-corrected chi connectivity index (χ4v) is 2.29. The van der Waals surface area contributed by atoms with Gasteiger partial charge < -0.3 is 20.1 Å². The van der Waals surface area contributed by atoms with Crippen molar-refractivity contribution >= 4 is 18.0 Å².